The predicted molar refractivity (Wildman–Crippen MR) is 91.6 cm³/mol. The quantitative estimate of drug-likeness (QED) is 0.869. The Morgan fingerprint density at radius 1 is 1.42 bits per heavy atom. The summed E-state index contributed by atoms with van der Waals surface area (Å²) < 4.78 is 1.90. The summed E-state index contributed by atoms with van der Waals surface area (Å²) in [6, 6.07) is 3.79. The Hall–Kier alpha value is -2.41. The summed E-state index contributed by atoms with van der Waals surface area (Å²) in [4.78, 5) is 22.8. The summed E-state index contributed by atoms with van der Waals surface area (Å²) in [5.41, 5.74) is 9.32. The number of pyridine rings is 1. The van der Waals surface area contributed by atoms with Gasteiger partial charge in [0.2, 0.25) is 0 Å². The van der Waals surface area contributed by atoms with Gasteiger partial charge < -0.3 is 20.5 Å². The van der Waals surface area contributed by atoms with Gasteiger partial charge in [0.1, 0.15) is 0 Å². The van der Waals surface area contributed by atoms with Gasteiger partial charge in [0.25, 0.3) is 0 Å². The molecule has 0 spiro atoms. The van der Waals surface area contributed by atoms with E-state index in [-0.39, 0.29) is 18.0 Å². The first-order chi connectivity index (χ1) is 11.5. The summed E-state index contributed by atoms with van der Waals surface area (Å²) in [5, 5.41) is 2.96. The van der Waals surface area contributed by atoms with Crippen molar-refractivity contribution < 1.29 is 4.79 Å². The van der Waals surface area contributed by atoms with E-state index in [9.17, 15) is 4.79 Å². The molecule has 2 atom stereocenters. The molecule has 3 heterocycles. The molecule has 2 amide bonds. The molecular weight excluding hydrogens is 304 g/mol. The normalized spacial score (nSPS) is 20.4. The number of carbonyl (C=O) groups is 1. The molecule has 3 rings (SSSR count). The highest BCUT2D eigenvalue weighted by atomic mass is 16.2. The van der Waals surface area contributed by atoms with Gasteiger partial charge in [-0.3, -0.25) is 4.98 Å². The SMILES string of the molecule is Cc1cccnc1CCNC(=O)N1C[C@@H](N)[C@H](c2cn(C)cn2)C1. The lowest BCUT2D eigenvalue weighted by Gasteiger charge is -2.17. The Morgan fingerprint density at radius 2 is 2.25 bits per heavy atom. The van der Waals surface area contributed by atoms with Gasteiger partial charge in [-0.2, -0.15) is 0 Å². The minimum atomic E-state index is -0.0799. The second-order valence-corrected chi connectivity index (χ2v) is 6.39. The first-order valence-corrected chi connectivity index (χ1v) is 8.21. The van der Waals surface area contributed by atoms with Crippen LogP contribution in [0.15, 0.2) is 30.9 Å². The molecule has 2 aromatic heterocycles. The predicted octanol–water partition coefficient (Wildman–Crippen LogP) is 0.802. The molecule has 1 aliphatic heterocycles. The molecule has 0 saturated carbocycles. The molecule has 24 heavy (non-hydrogen) atoms. The van der Waals surface area contributed by atoms with E-state index >= 15 is 0 Å². The number of aromatic nitrogens is 3. The minimum Gasteiger partial charge on any atom is -0.340 e. The van der Waals surface area contributed by atoms with E-state index in [0.29, 0.717) is 19.6 Å². The monoisotopic (exact) mass is 328 g/mol. The molecule has 1 fully saturated rings. The minimum absolute atomic E-state index is 0.0718. The number of nitrogens with two attached hydrogens (primary N) is 1. The molecule has 0 aliphatic carbocycles. The second kappa shape index (κ2) is 7.00. The zero-order valence-corrected chi connectivity index (χ0v) is 14.1. The Labute approximate surface area is 141 Å². The van der Waals surface area contributed by atoms with Gasteiger partial charge in [-0.1, -0.05) is 6.07 Å². The van der Waals surface area contributed by atoms with E-state index in [4.69, 9.17) is 5.73 Å². The Morgan fingerprint density at radius 3 is 2.96 bits per heavy atom. The van der Waals surface area contributed by atoms with Crippen molar-refractivity contribution in [1.29, 1.82) is 0 Å². The van der Waals surface area contributed by atoms with Gasteiger partial charge in [-0.05, 0) is 18.6 Å². The summed E-state index contributed by atoms with van der Waals surface area (Å²) in [5.74, 6) is 0.0926. The van der Waals surface area contributed by atoms with Crippen LogP contribution in [0.3, 0.4) is 0 Å². The number of likely N-dealkylation sites (tertiary alicyclic amines) is 1. The molecule has 0 radical (unpaired) electrons. The maximum absolute atomic E-state index is 12.4. The maximum Gasteiger partial charge on any atom is 0.317 e. The fraction of sp³-hybridized carbons (Fsp3) is 0.471. The number of imidazole rings is 1. The number of rotatable bonds is 4. The number of nitrogens with one attached hydrogen (secondary N) is 1. The number of urea groups is 1. The summed E-state index contributed by atoms with van der Waals surface area (Å²) in [7, 11) is 1.93. The molecule has 0 aromatic carbocycles. The first kappa shape index (κ1) is 16.4. The zero-order valence-electron chi connectivity index (χ0n) is 14.1. The fourth-order valence-electron chi connectivity index (χ4n) is 3.11. The van der Waals surface area contributed by atoms with Crippen LogP contribution in [0, 0.1) is 6.92 Å². The number of hydrogen-bond acceptors (Lipinski definition) is 4. The Balaban J connectivity index is 1.52. The third-order valence-corrected chi connectivity index (χ3v) is 4.51. The van der Waals surface area contributed by atoms with Crippen LogP contribution >= 0.6 is 0 Å². The van der Waals surface area contributed by atoms with Crippen LogP contribution in [0.1, 0.15) is 22.9 Å². The molecular formula is C17H24N6O. The van der Waals surface area contributed by atoms with Gasteiger partial charge in [-0.15, -0.1) is 0 Å². The zero-order chi connectivity index (χ0) is 17.1. The van der Waals surface area contributed by atoms with Gasteiger partial charge >= 0.3 is 6.03 Å². The summed E-state index contributed by atoms with van der Waals surface area (Å²) in [6.45, 7) is 3.75. The molecule has 1 saturated heterocycles. The maximum atomic E-state index is 12.4. The number of carbonyl (C=O) groups excluding carboxylic acids is 1. The lowest BCUT2D eigenvalue weighted by molar-refractivity contribution is 0.208. The van der Waals surface area contributed by atoms with E-state index in [1.165, 1.54) is 0 Å². The van der Waals surface area contributed by atoms with Crippen molar-refractivity contribution in [3.05, 3.63) is 47.8 Å². The average molecular weight is 328 g/mol. The van der Waals surface area contributed by atoms with E-state index < -0.39 is 0 Å². The third kappa shape index (κ3) is 3.56. The van der Waals surface area contributed by atoms with Crippen molar-refractivity contribution in [2.24, 2.45) is 12.8 Å². The molecule has 128 valence electrons. The molecule has 7 nitrogen and oxygen atoms in total. The van der Waals surface area contributed by atoms with Crippen molar-refractivity contribution in [1.82, 2.24) is 24.8 Å². The number of aryl methyl sites for hydroxylation is 2. The van der Waals surface area contributed by atoms with Crippen LogP contribution in [0.5, 0.6) is 0 Å². The van der Waals surface area contributed by atoms with Gasteiger partial charge in [-0.25, -0.2) is 9.78 Å². The van der Waals surface area contributed by atoms with Crippen LogP contribution in [0.4, 0.5) is 4.79 Å². The number of hydrogen-bond donors (Lipinski definition) is 2. The Bertz CT molecular complexity index is 713. The van der Waals surface area contributed by atoms with Crippen LogP contribution in [0.2, 0.25) is 0 Å². The Kier molecular flexibility index (Phi) is 4.80. The van der Waals surface area contributed by atoms with E-state index in [2.05, 4.69) is 15.3 Å². The van der Waals surface area contributed by atoms with Gasteiger partial charge in [0.05, 0.1) is 12.0 Å². The van der Waals surface area contributed by atoms with Crippen LogP contribution in [-0.4, -0.2) is 51.1 Å². The smallest absolute Gasteiger partial charge is 0.317 e. The molecule has 2 aromatic rings. The lowest BCUT2D eigenvalue weighted by atomic mass is 10.0. The fourth-order valence-corrected chi connectivity index (χ4v) is 3.11. The van der Waals surface area contributed by atoms with Crippen molar-refractivity contribution >= 4 is 6.03 Å². The van der Waals surface area contributed by atoms with E-state index in [1.54, 1.807) is 17.4 Å². The third-order valence-electron chi connectivity index (χ3n) is 4.51. The van der Waals surface area contributed by atoms with Crippen LogP contribution < -0.4 is 11.1 Å². The average Bonchev–Trinajstić information content (AvgIpc) is 3.15. The molecule has 0 unspecified atom stereocenters. The van der Waals surface area contributed by atoms with E-state index in [1.807, 2.05) is 36.9 Å². The number of nitrogens with zero attached hydrogens (tertiary/aromatic N) is 4. The van der Waals surface area contributed by atoms with Crippen molar-refractivity contribution in [3.63, 3.8) is 0 Å². The van der Waals surface area contributed by atoms with Gasteiger partial charge in [0, 0.05) is 63.2 Å². The lowest BCUT2D eigenvalue weighted by Crippen LogP contribution is -2.40. The van der Waals surface area contributed by atoms with Crippen molar-refractivity contribution in [3.8, 4) is 0 Å². The molecule has 7 heteroatoms. The van der Waals surface area contributed by atoms with Crippen LogP contribution in [-0.2, 0) is 13.5 Å². The summed E-state index contributed by atoms with van der Waals surface area (Å²) in [6.07, 6.45) is 6.23. The highest BCUT2D eigenvalue weighted by molar-refractivity contribution is 5.74. The highest BCUT2D eigenvalue weighted by Crippen LogP contribution is 2.25. The second-order valence-electron chi connectivity index (χ2n) is 6.39. The highest BCUT2D eigenvalue weighted by Gasteiger charge is 2.35. The largest absolute Gasteiger partial charge is 0.340 e. The molecule has 1 aliphatic rings. The number of amides is 2. The van der Waals surface area contributed by atoms with Crippen molar-refractivity contribution in [2.75, 3.05) is 19.6 Å². The first-order valence-electron chi connectivity index (χ1n) is 8.21. The molecule has 3 N–H and O–H groups in total. The summed E-state index contributed by atoms with van der Waals surface area (Å²) >= 11 is 0. The standard InChI is InChI=1S/C17H24N6O/c1-12-4-3-6-19-15(12)5-7-20-17(24)23-8-13(14(18)9-23)16-10-22(2)11-21-16/h3-4,6,10-11,13-14H,5,7-9,18H2,1-2H3,(H,20,24)/t13-,14-/m1/s1. The van der Waals surface area contributed by atoms with Crippen LogP contribution in [0.25, 0.3) is 0 Å². The van der Waals surface area contributed by atoms with Crippen molar-refractivity contribution in [2.45, 2.75) is 25.3 Å². The van der Waals surface area contributed by atoms with Gasteiger partial charge in [0.15, 0.2) is 0 Å². The molecule has 0 bridgehead atoms. The van der Waals surface area contributed by atoms with E-state index in [0.717, 1.165) is 23.4 Å². The topological polar surface area (TPSA) is 89.1 Å².